The molecule has 3 aliphatic rings. The average Bonchev–Trinajstić information content (AvgIpc) is 3.03. The number of hydrogen-bond donors (Lipinski definition) is 0. The lowest BCUT2D eigenvalue weighted by molar-refractivity contribution is -0.132. The summed E-state index contributed by atoms with van der Waals surface area (Å²) in [5, 5.41) is 0. The second-order valence-electron chi connectivity index (χ2n) is 7.14. The van der Waals surface area contributed by atoms with Crippen LogP contribution in [-0.4, -0.2) is 78.7 Å². The molecule has 0 aliphatic carbocycles. The first-order valence-corrected chi connectivity index (χ1v) is 8.70. The van der Waals surface area contributed by atoms with E-state index in [0.717, 1.165) is 17.9 Å². The van der Waals surface area contributed by atoms with Crippen LogP contribution in [-0.2, 0) is 16.1 Å². The van der Waals surface area contributed by atoms with E-state index in [1.807, 2.05) is 29.2 Å². The third-order valence-corrected chi connectivity index (χ3v) is 5.20. The van der Waals surface area contributed by atoms with Crippen LogP contribution in [0.4, 0.5) is 4.79 Å². The monoisotopic (exact) mass is 345 g/mol. The average molecular weight is 345 g/mol. The lowest BCUT2D eigenvalue weighted by Gasteiger charge is -2.25. The second kappa shape index (κ2) is 6.22. The number of para-hydroxylation sites is 1. The Morgan fingerprint density at radius 3 is 2.88 bits per heavy atom. The van der Waals surface area contributed by atoms with Crippen LogP contribution >= 0.6 is 0 Å². The molecule has 7 nitrogen and oxygen atoms in total. The Bertz CT molecular complexity index is 695. The Labute approximate surface area is 147 Å². The van der Waals surface area contributed by atoms with Gasteiger partial charge in [-0.05, 0) is 6.07 Å². The third kappa shape index (κ3) is 3.16. The summed E-state index contributed by atoms with van der Waals surface area (Å²) in [5.74, 6) is 0.986. The Kier molecular flexibility index (Phi) is 4.03. The van der Waals surface area contributed by atoms with Crippen LogP contribution in [0.15, 0.2) is 24.3 Å². The molecular weight excluding hydrogens is 322 g/mol. The molecule has 3 heterocycles. The van der Waals surface area contributed by atoms with Crippen molar-refractivity contribution in [2.24, 2.45) is 0 Å². The first-order chi connectivity index (χ1) is 12.0. The standard InChI is InChI=1S/C18H23N3O4/c1-19-12-18(25-17(19)23)6-7-21(13-18)16(22)11-20-8-9-24-15-5-3-2-4-14(15)10-20/h2-5H,6-13H2,1H3/t18-/m0/s1. The molecule has 1 spiro atoms. The summed E-state index contributed by atoms with van der Waals surface area (Å²) >= 11 is 0. The number of likely N-dealkylation sites (N-methyl/N-ethyl adjacent to an activating group) is 1. The Hall–Kier alpha value is -2.28. The number of rotatable bonds is 2. The molecule has 0 unspecified atom stereocenters. The smallest absolute Gasteiger partial charge is 0.410 e. The Morgan fingerprint density at radius 2 is 2.08 bits per heavy atom. The largest absolute Gasteiger partial charge is 0.492 e. The van der Waals surface area contributed by atoms with Crippen molar-refractivity contribution < 1.29 is 19.1 Å². The summed E-state index contributed by atoms with van der Waals surface area (Å²) < 4.78 is 11.3. The summed E-state index contributed by atoms with van der Waals surface area (Å²) in [4.78, 5) is 29.9. The molecule has 0 N–H and O–H groups in total. The Morgan fingerprint density at radius 1 is 1.24 bits per heavy atom. The highest BCUT2D eigenvalue weighted by Crippen LogP contribution is 2.32. The van der Waals surface area contributed by atoms with Gasteiger partial charge in [0.1, 0.15) is 12.4 Å². The highest BCUT2D eigenvalue weighted by molar-refractivity contribution is 5.79. The zero-order chi connectivity index (χ0) is 17.4. The Balaban J connectivity index is 1.37. The zero-order valence-electron chi connectivity index (χ0n) is 14.4. The van der Waals surface area contributed by atoms with Crippen molar-refractivity contribution in [3.05, 3.63) is 29.8 Å². The van der Waals surface area contributed by atoms with Gasteiger partial charge in [-0.25, -0.2) is 4.79 Å². The molecular formula is C18H23N3O4. The van der Waals surface area contributed by atoms with Crippen molar-refractivity contribution in [1.29, 1.82) is 0 Å². The van der Waals surface area contributed by atoms with Gasteiger partial charge >= 0.3 is 6.09 Å². The fraction of sp³-hybridized carbons (Fsp3) is 0.556. The van der Waals surface area contributed by atoms with Gasteiger partial charge in [0, 0.05) is 38.7 Å². The van der Waals surface area contributed by atoms with Gasteiger partial charge in [-0.15, -0.1) is 0 Å². The first-order valence-electron chi connectivity index (χ1n) is 8.70. The first kappa shape index (κ1) is 16.2. The van der Waals surface area contributed by atoms with Crippen molar-refractivity contribution >= 4 is 12.0 Å². The number of benzene rings is 1. The molecule has 1 aromatic rings. The second-order valence-corrected chi connectivity index (χ2v) is 7.14. The highest BCUT2D eigenvalue weighted by Gasteiger charge is 2.49. The van der Waals surface area contributed by atoms with Gasteiger partial charge in [0.25, 0.3) is 0 Å². The van der Waals surface area contributed by atoms with Gasteiger partial charge in [0.2, 0.25) is 5.91 Å². The fourth-order valence-corrected chi connectivity index (χ4v) is 3.87. The number of nitrogens with zero attached hydrogens (tertiary/aromatic N) is 3. The molecule has 0 saturated carbocycles. The van der Waals surface area contributed by atoms with Gasteiger partial charge in [0.05, 0.1) is 19.6 Å². The lowest BCUT2D eigenvalue weighted by Crippen LogP contribution is -2.43. The van der Waals surface area contributed by atoms with E-state index >= 15 is 0 Å². The van der Waals surface area contributed by atoms with E-state index in [4.69, 9.17) is 9.47 Å². The summed E-state index contributed by atoms with van der Waals surface area (Å²) in [6.45, 7) is 4.05. The number of amides is 2. The molecule has 7 heteroatoms. The lowest BCUT2D eigenvalue weighted by atomic mass is 10.0. The maximum atomic E-state index is 12.7. The van der Waals surface area contributed by atoms with E-state index < -0.39 is 5.60 Å². The maximum Gasteiger partial charge on any atom is 0.410 e. The molecule has 1 atom stereocenters. The molecule has 0 aromatic heterocycles. The molecule has 2 fully saturated rings. The molecule has 3 aliphatic heterocycles. The van der Waals surface area contributed by atoms with E-state index in [9.17, 15) is 9.59 Å². The molecule has 0 radical (unpaired) electrons. The normalized spacial score (nSPS) is 26.4. The fourth-order valence-electron chi connectivity index (χ4n) is 3.87. The maximum absolute atomic E-state index is 12.7. The number of likely N-dealkylation sites (tertiary alicyclic amines) is 1. The van der Waals surface area contributed by atoms with Gasteiger partial charge in [-0.2, -0.15) is 0 Å². The summed E-state index contributed by atoms with van der Waals surface area (Å²) in [6, 6.07) is 7.96. The van der Waals surface area contributed by atoms with Crippen molar-refractivity contribution in [2.45, 2.75) is 18.6 Å². The SMILES string of the molecule is CN1C[C@]2(CCN(C(=O)CN3CCOc4ccccc4C3)C2)OC1=O. The van der Waals surface area contributed by atoms with Gasteiger partial charge in [-0.3, -0.25) is 9.69 Å². The van der Waals surface area contributed by atoms with E-state index in [1.165, 1.54) is 0 Å². The minimum atomic E-state index is -0.518. The van der Waals surface area contributed by atoms with E-state index in [2.05, 4.69) is 4.90 Å². The summed E-state index contributed by atoms with van der Waals surface area (Å²) in [6.07, 6.45) is 0.413. The summed E-state index contributed by atoms with van der Waals surface area (Å²) in [7, 11) is 1.73. The minimum Gasteiger partial charge on any atom is -0.492 e. The van der Waals surface area contributed by atoms with E-state index in [1.54, 1.807) is 11.9 Å². The predicted molar refractivity (Wildman–Crippen MR) is 90.3 cm³/mol. The molecule has 0 bridgehead atoms. The van der Waals surface area contributed by atoms with Crippen molar-refractivity contribution in [1.82, 2.24) is 14.7 Å². The molecule has 134 valence electrons. The summed E-state index contributed by atoms with van der Waals surface area (Å²) in [5.41, 5.74) is 0.591. The number of carbonyl (C=O) groups excluding carboxylic acids is 2. The van der Waals surface area contributed by atoms with Crippen molar-refractivity contribution in [3.63, 3.8) is 0 Å². The molecule has 2 amide bonds. The van der Waals surface area contributed by atoms with Crippen LogP contribution in [0.3, 0.4) is 0 Å². The highest BCUT2D eigenvalue weighted by atomic mass is 16.6. The van der Waals surface area contributed by atoms with Crippen molar-refractivity contribution in [3.8, 4) is 5.75 Å². The quantitative estimate of drug-likeness (QED) is 0.798. The number of hydrogen-bond acceptors (Lipinski definition) is 5. The third-order valence-electron chi connectivity index (χ3n) is 5.20. The minimum absolute atomic E-state index is 0.0851. The molecule has 1 aromatic carbocycles. The van der Waals surface area contributed by atoms with Crippen LogP contribution in [0.5, 0.6) is 5.75 Å². The topological polar surface area (TPSA) is 62.3 Å². The predicted octanol–water partition coefficient (Wildman–Crippen LogP) is 0.934. The molecule has 25 heavy (non-hydrogen) atoms. The molecule has 4 rings (SSSR count). The van der Waals surface area contributed by atoms with Crippen LogP contribution in [0.1, 0.15) is 12.0 Å². The number of fused-ring (bicyclic) bond motifs is 1. The van der Waals surface area contributed by atoms with Crippen LogP contribution in [0, 0.1) is 0 Å². The van der Waals surface area contributed by atoms with Crippen LogP contribution < -0.4 is 4.74 Å². The van der Waals surface area contributed by atoms with Gasteiger partial charge in [-0.1, -0.05) is 18.2 Å². The van der Waals surface area contributed by atoms with Crippen LogP contribution in [0.25, 0.3) is 0 Å². The van der Waals surface area contributed by atoms with Gasteiger partial charge in [0.15, 0.2) is 5.60 Å². The van der Waals surface area contributed by atoms with Gasteiger partial charge < -0.3 is 19.3 Å². The van der Waals surface area contributed by atoms with Crippen molar-refractivity contribution in [2.75, 3.05) is 46.4 Å². The zero-order valence-corrected chi connectivity index (χ0v) is 14.4. The molecule has 2 saturated heterocycles. The van der Waals surface area contributed by atoms with E-state index in [-0.39, 0.29) is 12.0 Å². The van der Waals surface area contributed by atoms with Crippen LogP contribution in [0.2, 0.25) is 0 Å². The number of carbonyl (C=O) groups is 2. The number of ether oxygens (including phenoxy) is 2. The van der Waals surface area contributed by atoms with E-state index in [0.29, 0.717) is 45.8 Å².